The highest BCUT2D eigenvalue weighted by Gasteiger charge is 2.24. The van der Waals surface area contributed by atoms with Crippen LogP contribution in [0.1, 0.15) is 47.7 Å². The highest BCUT2D eigenvalue weighted by Crippen LogP contribution is 2.20. The van der Waals surface area contributed by atoms with Gasteiger partial charge in [-0.3, -0.25) is 4.79 Å². The first-order chi connectivity index (χ1) is 8.20. The Morgan fingerprint density at radius 3 is 2.82 bits per heavy atom. The van der Waals surface area contributed by atoms with Crippen molar-refractivity contribution < 1.29 is 14.3 Å². The van der Waals surface area contributed by atoms with Crippen molar-refractivity contribution in [1.82, 2.24) is 0 Å². The average Bonchev–Trinajstić information content (AvgIpc) is 2.30. The van der Waals surface area contributed by atoms with Crippen LogP contribution in [0.4, 0.5) is 0 Å². The van der Waals surface area contributed by atoms with Gasteiger partial charge in [-0.15, -0.1) is 0 Å². The molecule has 1 aliphatic heterocycles. The standard InChI is InChI=1S/C14H16O3/c1-2-3-4-5-10-6-7-11-9-13(15)17-14(16)12(11)8-10/h6-8H,2-5,9H2,1H3. The molecule has 0 saturated heterocycles. The molecule has 0 amide bonds. The smallest absolute Gasteiger partial charge is 0.346 e. The molecular formula is C14H16O3. The first-order valence-electron chi connectivity index (χ1n) is 6.07. The first kappa shape index (κ1) is 11.8. The second kappa shape index (κ2) is 5.13. The largest absolute Gasteiger partial charge is 0.389 e. The molecular weight excluding hydrogens is 216 g/mol. The van der Waals surface area contributed by atoms with Crippen LogP contribution < -0.4 is 0 Å². The van der Waals surface area contributed by atoms with Crippen molar-refractivity contribution in [1.29, 1.82) is 0 Å². The summed E-state index contributed by atoms with van der Waals surface area (Å²) in [5, 5.41) is 0. The Bertz CT molecular complexity index is 449. The third-order valence-electron chi connectivity index (χ3n) is 3.00. The third-order valence-corrected chi connectivity index (χ3v) is 3.00. The van der Waals surface area contributed by atoms with Crippen molar-refractivity contribution in [3.05, 3.63) is 34.9 Å². The van der Waals surface area contributed by atoms with Crippen LogP contribution in [-0.4, -0.2) is 11.9 Å². The van der Waals surface area contributed by atoms with E-state index in [1.165, 1.54) is 12.8 Å². The van der Waals surface area contributed by atoms with Crippen molar-refractivity contribution in [2.24, 2.45) is 0 Å². The number of aryl methyl sites for hydroxylation is 1. The van der Waals surface area contributed by atoms with Gasteiger partial charge in [0.05, 0.1) is 12.0 Å². The molecule has 0 aliphatic carbocycles. The van der Waals surface area contributed by atoms with Crippen LogP contribution in [0.3, 0.4) is 0 Å². The summed E-state index contributed by atoms with van der Waals surface area (Å²) >= 11 is 0. The molecule has 0 aromatic heterocycles. The van der Waals surface area contributed by atoms with Crippen molar-refractivity contribution >= 4 is 11.9 Å². The molecule has 90 valence electrons. The summed E-state index contributed by atoms with van der Waals surface area (Å²) in [5.74, 6) is -0.963. The number of carbonyl (C=O) groups excluding carboxylic acids is 2. The third kappa shape index (κ3) is 2.73. The molecule has 3 nitrogen and oxygen atoms in total. The van der Waals surface area contributed by atoms with Gasteiger partial charge >= 0.3 is 11.9 Å². The monoisotopic (exact) mass is 232 g/mol. The zero-order valence-corrected chi connectivity index (χ0v) is 9.99. The lowest BCUT2D eigenvalue weighted by Crippen LogP contribution is -2.22. The molecule has 17 heavy (non-hydrogen) atoms. The van der Waals surface area contributed by atoms with Gasteiger partial charge in [-0.2, -0.15) is 0 Å². The zero-order chi connectivity index (χ0) is 12.3. The average molecular weight is 232 g/mol. The van der Waals surface area contributed by atoms with Gasteiger partial charge in [0.2, 0.25) is 0 Å². The van der Waals surface area contributed by atoms with E-state index >= 15 is 0 Å². The molecule has 1 aliphatic rings. The number of hydrogen-bond donors (Lipinski definition) is 0. The molecule has 1 heterocycles. The molecule has 0 fully saturated rings. The van der Waals surface area contributed by atoms with E-state index in [0.717, 1.165) is 24.0 Å². The van der Waals surface area contributed by atoms with E-state index in [1.54, 1.807) is 0 Å². The zero-order valence-electron chi connectivity index (χ0n) is 9.99. The number of hydrogen-bond acceptors (Lipinski definition) is 3. The van der Waals surface area contributed by atoms with Gasteiger partial charge in [-0.1, -0.05) is 31.9 Å². The number of benzene rings is 1. The molecule has 0 unspecified atom stereocenters. The molecule has 2 rings (SSSR count). The van der Waals surface area contributed by atoms with Gasteiger partial charge in [0.1, 0.15) is 0 Å². The van der Waals surface area contributed by atoms with Gasteiger partial charge < -0.3 is 4.74 Å². The Balaban J connectivity index is 2.16. The van der Waals surface area contributed by atoms with Crippen molar-refractivity contribution in [2.45, 2.75) is 39.0 Å². The minimum absolute atomic E-state index is 0.205. The van der Waals surface area contributed by atoms with Crippen molar-refractivity contribution in [2.75, 3.05) is 0 Å². The number of unbranched alkanes of at least 4 members (excludes halogenated alkanes) is 2. The predicted molar refractivity (Wildman–Crippen MR) is 63.8 cm³/mol. The van der Waals surface area contributed by atoms with Crippen LogP contribution in [0.15, 0.2) is 18.2 Å². The minimum atomic E-state index is -0.506. The van der Waals surface area contributed by atoms with Crippen LogP contribution >= 0.6 is 0 Å². The summed E-state index contributed by atoms with van der Waals surface area (Å²) < 4.78 is 4.62. The number of rotatable bonds is 4. The maximum Gasteiger partial charge on any atom is 0.346 e. The lowest BCUT2D eigenvalue weighted by atomic mass is 9.97. The van der Waals surface area contributed by atoms with E-state index in [1.807, 2.05) is 18.2 Å². The Kier molecular flexibility index (Phi) is 3.57. The maximum atomic E-state index is 11.5. The molecule has 1 aromatic rings. The summed E-state index contributed by atoms with van der Waals surface area (Å²) in [5.41, 5.74) is 2.48. The summed E-state index contributed by atoms with van der Waals surface area (Å²) in [6, 6.07) is 5.73. The lowest BCUT2D eigenvalue weighted by molar-refractivity contribution is -0.137. The number of fused-ring (bicyclic) bond motifs is 1. The SMILES string of the molecule is CCCCCc1ccc2c(c1)C(=O)OC(=O)C2. The van der Waals surface area contributed by atoms with Crippen LogP contribution in [0, 0.1) is 0 Å². The highest BCUT2D eigenvalue weighted by atomic mass is 16.6. The van der Waals surface area contributed by atoms with Crippen LogP contribution in [0.5, 0.6) is 0 Å². The van der Waals surface area contributed by atoms with Crippen molar-refractivity contribution in [3.8, 4) is 0 Å². The topological polar surface area (TPSA) is 43.4 Å². The van der Waals surface area contributed by atoms with Crippen LogP contribution in [-0.2, 0) is 22.4 Å². The van der Waals surface area contributed by atoms with Crippen LogP contribution in [0.25, 0.3) is 0 Å². The fourth-order valence-corrected chi connectivity index (χ4v) is 2.05. The van der Waals surface area contributed by atoms with Gasteiger partial charge in [-0.25, -0.2) is 4.79 Å². The van der Waals surface area contributed by atoms with E-state index in [-0.39, 0.29) is 6.42 Å². The second-order valence-corrected chi connectivity index (χ2v) is 4.39. The van der Waals surface area contributed by atoms with Gasteiger partial charge in [0.25, 0.3) is 0 Å². The maximum absolute atomic E-state index is 11.5. The van der Waals surface area contributed by atoms with Crippen LogP contribution in [0.2, 0.25) is 0 Å². The van der Waals surface area contributed by atoms with Gasteiger partial charge in [0.15, 0.2) is 0 Å². The van der Waals surface area contributed by atoms with E-state index in [0.29, 0.717) is 5.56 Å². The Labute approximate surface area is 101 Å². The second-order valence-electron chi connectivity index (χ2n) is 4.39. The first-order valence-corrected chi connectivity index (χ1v) is 6.07. The molecule has 0 bridgehead atoms. The van der Waals surface area contributed by atoms with Gasteiger partial charge in [0, 0.05) is 0 Å². The van der Waals surface area contributed by atoms with E-state index in [9.17, 15) is 9.59 Å². The Hall–Kier alpha value is -1.64. The van der Waals surface area contributed by atoms with Gasteiger partial charge in [-0.05, 0) is 30.0 Å². The quantitative estimate of drug-likeness (QED) is 0.455. The fraction of sp³-hybridized carbons (Fsp3) is 0.429. The molecule has 0 saturated carbocycles. The number of carbonyl (C=O) groups is 2. The van der Waals surface area contributed by atoms with E-state index < -0.39 is 11.9 Å². The molecule has 0 N–H and O–H groups in total. The number of esters is 2. The Morgan fingerprint density at radius 1 is 1.24 bits per heavy atom. The Morgan fingerprint density at radius 2 is 2.06 bits per heavy atom. The van der Waals surface area contributed by atoms with Crippen molar-refractivity contribution in [3.63, 3.8) is 0 Å². The molecule has 0 atom stereocenters. The summed E-state index contributed by atoms with van der Waals surface area (Å²) in [4.78, 5) is 22.6. The lowest BCUT2D eigenvalue weighted by Gasteiger charge is -2.14. The molecule has 3 heteroatoms. The summed E-state index contributed by atoms with van der Waals surface area (Å²) in [6.45, 7) is 2.16. The highest BCUT2D eigenvalue weighted by molar-refractivity contribution is 6.02. The van der Waals surface area contributed by atoms with E-state index in [2.05, 4.69) is 11.7 Å². The number of cyclic esters (lactones) is 2. The number of ether oxygens (including phenoxy) is 1. The fourth-order valence-electron chi connectivity index (χ4n) is 2.05. The summed E-state index contributed by atoms with van der Waals surface area (Å²) in [6.07, 6.45) is 4.68. The summed E-state index contributed by atoms with van der Waals surface area (Å²) in [7, 11) is 0. The molecule has 0 radical (unpaired) electrons. The molecule has 1 aromatic carbocycles. The minimum Gasteiger partial charge on any atom is -0.389 e. The molecule has 0 spiro atoms. The predicted octanol–water partition coefficient (Wildman–Crippen LogP) is 2.66. The van der Waals surface area contributed by atoms with E-state index in [4.69, 9.17) is 0 Å². The normalized spacial score (nSPS) is 14.4.